The van der Waals surface area contributed by atoms with E-state index < -0.39 is 0 Å². The molecule has 0 atom stereocenters. The molecule has 1 aromatic heterocycles. The van der Waals surface area contributed by atoms with Crippen LogP contribution in [-0.2, 0) is 17.8 Å². The molecule has 1 N–H and O–H groups in total. The van der Waals surface area contributed by atoms with Gasteiger partial charge < -0.3 is 14.6 Å². The zero-order valence-electron chi connectivity index (χ0n) is 16.9. The topological polar surface area (TPSA) is 59.4 Å². The monoisotopic (exact) mass is 392 g/mol. The lowest BCUT2D eigenvalue weighted by Gasteiger charge is -2.26. The van der Waals surface area contributed by atoms with E-state index in [1.807, 2.05) is 42.5 Å². The van der Waals surface area contributed by atoms with Crippen molar-refractivity contribution in [2.45, 2.75) is 32.9 Å². The maximum atomic E-state index is 12.5. The van der Waals surface area contributed by atoms with E-state index in [2.05, 4.69) is 27.8 Å². The Morgan fingerprint density at radius 3 is 2.69 bits per heavy atom. The molecule has 1 fully saturated rings. The summed E-state index contributed by atoms with van der Waals surface area (Å²) >= 11 is 0. The number of aromatic nitrogens is 2. The average Bonchev–Trinajstić information content (AvgIpc) is 3.09. The van der Waals surface area contributed by atoms with Crippen LogP contribution in [0.15, 0.2) is 48.5 Å². The molecule has 29 heavy (non-hydrogen) atoms. The SMILES string of the molecule is CCCCn1c(CN2CCOCC2)nc2cc(NC(=O)c3ccccc3)ccc21. The van der Waals surface area contributed by atoms with Gasteiger partial charge in [-0.25, -0.2) is 4.98 Å². The number of anilines is 1. The number of ether oxygens (including phenoxy) is 1. The predicted molar refractivity (Wildman–Crippen MR) is 115 cm³/mol. The summed E-state index contributed by atoms with van der Waals surface area (Å²) in [5.41, 5.74) is 3.47. The summed E-state index contributed by atoms with van der Waals surface area (Å²) in [4.78, 5) is 19.8. The number of rotatable bonds is 7. The zero-order valence-corrected chi connectivity index (χ0v) is 16.9. The number of aryl methyl sites for hydroxylation is 1. The van der Waals surface area contributed by atoms with Crippen LogP contribution in [0.4, 0.5) is 5.69 Å². The highest BCUT2D eigenvalue weighted by Gasteiger charge is 2.17. The number of nitrogens with zero attached hydrogens (tertiary/aromatic N) is 3. The summed E-state index contributed by atoms with van der Waals surface area (Å²) < 4.78 is 7.80. The number of fused-ring (bicyclic) bond motifs is 1. The van der Waals surface area contributed by atoms with Crippen LogP contribution in [-0.4, -0.2) is 46.7 Å². The maximum absolute atomic E-state index is 12.5. The van der Waals surface area contributed by atoms with Crippen molar-refractivity contribution in [2.75, 3.05) is 31.6 Å². The molecule has 2 heterocycles. The molecule has 0 spiro atoms. The second-order valence-corrected chi connectivity index (χ2v) is 7.45. The number of benzene rings is 2. The Morgan fingerprint density at radius 1 is 1.14 bits per heavy atom. The van der Waals surface area contributed by atoms with Crippen molar-refractivity contribution in [2.24, 2.45) is 0 Å². The number of nitrogens with one attached hydrogen (secondary N) is 1. The van der Waals surface area contributed by atoms with Crippen molar-refractivity contribution in [1.82, 2.24) is 14.5 Å². The summed E-state index contributed by atoms with van der Waals surface area (Å²) in [5.74, 6) is 0.978. The van der Waals surface area contributed by atoms with Gasteiger partial charge in [-0.05, 0) is 36.8 Å². The number of carbonyl (C=O) groups excluding carboxylic acids is 1. The van der Waals surface area contributed by atoms with Crippen LogP contribution in [0.25, 0.3) is 11.0 Å². The van der Waals surface area contributed by atoms with Crippen molar-refractivity contribution in [3.05, 3.63) is 59.9 Å². The fourth-order valence-corrected chi connectivity index (χ4v) is 3.70. The van der Waals surface area contributed by atoms with Crippen molar-refractivity contribution >= 4 is 22.6 Å². The average molecular weight is 393 g/mol. The maximum Gasteiger partial charge on any atom is 0.255 e. The van der Waals surface area contributed by atoms with Gasteiger partial charge >= 0.3 is 0 Å². The number of carbonyl (C=O) groups is 1. The van der Waals surface area contributed by atoms with E-state index in [-0.39, 0.29) is 5.91 Å². The molecule has 4 rings (SSSR count). The first-order valence-electron chi connectivity index (χ1n) is 10.4. The number of hydrogen-bond donors (Lipinski definition) is 1. The Balaban J connectivity index is 1.59. The van der Waals surface area contributed by atoms with Crippen molar-refractivity contribution in [3.8, 4) is 0 Å². The molecule has 0 unspecified atom stereocenters. The molecule has 0 radical (unpaired) electrons. The van der Waals surface area contributed by atoms with Gasteiger partial charge in [-0.3, -0.25) is 9.69 Å². The highest BCUT2D eigenvalue weighted by molar-refractivity contribution is 6.04. The molecule has 6 nitrogen and oxygen atoms in total. The number of imidazole rings is 1. The summed E-state index contributed by atoms with van der Waals surface area (Å²) in [6.45, 7) is 7.44. The van der Waals surface area contributed by atoms with E-state index in [9.17, 15) is 4.79 Å². The third kappa shape index (κ3) is 4.66. The van der Waals surface area contributed by atoms with Gasteiger partial charge in [-0.15, -0.1) is 0 Å². The minimum Gasteiger partial charge on any atom is -0.379 e. The number of morpholine rings is 1. The number of unbranched alkanes of at least 4 members (excludes halogenated alkanes) is 1. The lowest BCUT2D eigenvalue weighted by atomic mass is 10.2. The van der Waals surface area contributed by atoms with Gasteiger partial charge in [-0.1, -0.05) is 31.5 Å². The number of amides is 1. The molecule has 0 saturated carbocycles. The molecule has 0 bridgehead atoms. The molecule has 1 saturated heterocycles. The first kappa shape index (κ1) is 19.6. The first-order chi connectivity index (χ1) is 14.2. The van der Waals surface area contributed by atoms with Crippen molar-refractivity contribution in [3.63, 3.8) is 0 Å². The summed E-state index contributed by atoms with van der Waals surface area (Å²) in [5, 5.41) is 2.99. The van der Waals surface area contributed by atoms with Crippen LogP contribution >= 0.6 is 0 Å². The lowest BCUT2D eigenvalue weighted by molar-refractivity contribution is 0.0326. The highest BCUT2D eigenvalue weighted by atomic mass is 16.5. The van der Waals surface area contributed by atoms with Gasteiger partial charge in [0.2, 0.25) is 0 Å². The van der Waals surface area contributed by atoms with Gasteiger partial charge in [0.05, 0.1) is 30.8 Å². The summed E-state index contributed by atoms with van der Waals surface area (Å²) in [6, 6.07) is 15.3. The second kappa shape index (κ2) is 9.20. The Bertz CT molecular complexity index is 962. The second-order valence-electron chi connectivity index (χ2n) is 7.45. The minimum absolute atomic E-state index is 0.107. The fourth-order valence-electron chi connectivity index (χ4n) is 3.70. The van der Waals surface area contributed by atoms with Gasteiger partial charge in [0, 0.05) is 30.9 Å². The summed E-state index contributed by atoms with van der Waals surface area (Å²) in [6.07, 6.45) is 2.26. The fraction of sp³-hybridized carbons (Fsp3) is 0.391. The van der Waals surface area contributed by atoms with Gasteiger partial charge in [0.1, 0.15) is 5.82 Å². The Hall–Kier alpha value is -2.70. The lowest BCUT2D eigenvalue weighted by Crippen LogP contribution is -2.36. The smallest absolute Gasteiger partial charge is 0.255 e. The molecule has 3 aromatic rings. The molecular weight excluding hydrogens is 364 g/mol. The zero-order chi connectivity index (χ0) is 20.1. The van der Waals surface area contributed by atoms with Gasteiger partial charge in [0.25, 0.3) is 5.91 Å². The third-order valence-electron chi connectivity index (χ3n) is 5.33. The molecule has 0 aliphatic carbocycles. The van der Waals surface area contributed by atoms with Crippen LogP contribution < -0.4 is 5.32 Å². The van der Waals surface area contributed by atoms with E-state index >= 15 is 0 Å². The quantitative estimate of drug-likeness (QED) is 0.662. The Morgan fingerprint density at radius 2 is 1.93 bits per heavy atom. The normalized spacial score (nSPS) is 14.9. The molecular formula is C23H28N4O2. The molecule has 1 amide bonds. The molecule has 1 aliphatic rings. The van der Waals surface area contributed by atoms with Gasteiger partial charge in [-0.2, -0.15) is 0 Å². The molecule has 1 aliphatic heterocycles. The van der Waals surface area contributed by atoms with E-state index in [1.54, 1.807) is 0 Å². The predicted octanol–water partition coefficient (Wildman–Crippen LogP) is 3.92. The van der Waals surface area contributed by atoms with Crippen LogP contribution in [0, 0.1) is 0 Å². The first-order valence-corrected chi connectivity index (χ1v) is 10.4. The standard InChI is InChI=1S/C23H28N4O2/c1-2-3-11-27-21-10-9-19(24-23(28)18-7-5-4-6-8-18)16-20(21)25-22(27)17-26-12-14-29-15-13-26/h4-10,16H,2-3,11-15,17H2,1H3,(H,24,28). The van der Waals surface area contributed by atoms with Crippen LogP contribution in [0.1, 0.15) is 35.9 Å². The number of hydrogen-bond acceptors (Lipinski definition) is 4. The Kier molecular flexibility index (Phi) is 6.22. The van der Waals surface area contributed by atoms with E-state index in [1.165, 1.54) is 0 Å². The molecule has 6 heteroatoms. The Labute approximate surface area is 171 Å². The van der Waals surface area contributed by atoms with E-state index in [0.29, 0.717) is 5.56 Å². The molecule has 2 aromatic carbocycles. The van der Waals surface area contributed by atoms with Crippen LogP contribution in [0.2, 0.25) is 0 Å². The van der Waals surface area contributed by atoms with E-state index in [0.717, 1.165) is 74.8 Å². The largest absolute Gasteiger partial charge is 0.379 e. The summed E-state index contributed by atoms with van der Waals surface area (Å²) in [7, 11) is 0. The van der Waals surface area contributed by atoms with Crippen molar-refractivity contribution in [1.29, 1.82) is 0 Å². The van der Waals surface area contributed by atoms with E-state index in [4.69, 9.17) is 9.72 Å². The highest BCUT2D eigenvalue weighted by Crippen LogP contribution is 2.23. The molecule has 152 valence electrons. The minimum atomic E-state index is -0.107. The van der Waals surface area contributed by atoms with Gasteiger partial charge in [0.15, 0.2) is 0 Å². The van der Waals surface area contributed by atoms with Crippen molar-refractivity contribution < 1.29 is 9.53 Å². The van der Waals surface area contributed by atoms with Crippen LogP contribution in [0.3, 0.4) is 0 Å². The van der Waals surface area contributed by atoms with Crippen LogP contribution in [0.5, 0.6) is 0 Å². The third-order valence-corrected chi connectivity index (χ3v) is 5.33.